The number of aliphatic hydroxyl groups is 1. The number of carbonyl (C=O) groups is 1. The van der Waals surface area contributed by atoms with Crippen molar-refractivity contribution in [2.75, 3.05) is 4.90 Å². The van der Waals surface area contributed by atoms with Gasteiger partial charge in [0.15, 0.2) is 0 Å². The van der Waals surface area contributed by atoms with Crippen molar-refractivity contribution in [3.8, 4) is 22.6 Å². The first kappa shape index (κ1) is 25.8. The number of halogens is 1. The molecular weight excluding hydrogens is 501 g/mol. The van der Waals surface area contributed by atoms with E-state index in [1.807, 2.05) is 48.5 Å². The molecule has 1 amide bonds. The van der Waals surface area contributed by atoms with E-state index in [2.05, 4.69) is 0 Å². The maximum Gasteiger partial charge on any atom is 0.287 e. The van der Waals surface area contributed by atoms with Crippen LogP contribution in [0.15, 0.2) is 97.1 Å². The van der Waals surface area contributed by atoms with E-state index < -0.39 is 12.1 Å². The van der Waals surface area contributed by atoms with Crippen LogP contribution in [0.3, 0.4) is 0 Å². The van der Waals surface area contributed by atoms with Crippen molar-refractivity contribution in [2.45, 2.75) is 36.7 Å². The van der Waals surface area contributed by atoms with Crippen molar-refractivity contribution >= 4 is 22.7 Å². The molecule has 4 aromatic carbocycles. The first-order valence-electron chi connectivity index (χ1n) is 12.5. The largest absolute Gasteiger partial charge is 0.508 e. The molecule has 3 atom stereocenters. The van der Waals surface area contributed by atoms with Gasteiger partial charge in [0.25, 0.3) is 5.24 Å². The van der Waals surface area contributed by atoms with Gasteiger partial charge in [-0.15, -0.1) is 0 Å². The first-order valence-corrected chi connectivity index (χ1v) is 13.4. The van der Waals surface area contributed by atoms with Gasteiger partial charge in [-0.3, -0.25) is 9.69 Å². The Hall–Kier alpha value is -3.81. The summed E-state index contributed by atoms with van der Waals surface area (Å²) in [7, 11) is 0. The van der Waals surface area contributed by atoms with Gasteiger partial charge in [-0.25, -0.2) is 4.39 Å². The van der Waals surface area contributed by atoms with Gasteiger partial charge in [-0.1, -0.05) is 66.4 Å². The molecule has 0 aromatic heterocycles. The summed E-state index contributed by atoms with van der Waals surface area (Å²) in [6.07, 6.45) is 1.02. The van der Waals surface area contributed by atoms with Crippen LogP contribution in [-0.4, -0.2) is 25.8 Å². The Morgan fingerprint density at radius 1 is 0.868 bits per heavy atom. The summed E-state index contributed by atoms with van der Waals surface area (Å²) in [5.74, 6) is -0.133. The lowest BCUT2D eigenvalue weighted by molar-refractivity contribution is 0.163. The molecule has 5 rings (SSSR count). The van der Waals surface area contributed by atoms with Crippen LogP contribution < -0.4 is 4.90 Å². The standard InChI is InChI=1S/C31H28FNO4S/c32-23-15-12-20(13-16-23)27(35)10-5-11-29-30(33(31(37)38-29)24-7-2-1-3-8-24)26-17-14-22(19-28(26)36)21-6-4-9-25(34)18-21/h1-4,6-9,12-19,27,29-30,34-36H,5,10-11H2. The number of carbonyl (C=O) groups excluding carboxylic acids is 1. The van der Waals surface area contributed by atoms with Crippen LogP contribution >= 0.6 is 11.8 Å². The highest BCUT2D eigenvalue weighted by atomic mass is 32.2. The molecule has 38 heavy (non-hydrogen) atoms. The van der Waals surface area contributed by atoms with Crippen molar-refractivity contribution in [1.82, 2.24) is 0 Å². The van der Waals surface area contributed by atoms with Crippen molar-refractivity contribution in [2.24, 2.45) is 0 Å². The third kappa shape index (κ3) is 5.54. The Labute approximate surface area is 225 Å². The van der Waals surface area contributed by atoms with Crippen LogP contribution in [0.1, 0.15) is 42.5 Å². The zero-order valence-electron chi connectivity index (χ0n) is 20.6. The van der Waals surface area contributed by atoms with Gasteiger partial charge in [-0.2, -0.15) is 0 Å². The lowest BCUT2D eigenvalue weighted by Gasteiger charge is -2.28. The van der Waals surface area contributed by atoms with Crippen molar-refractivity contribution < 1.29 is 24.5 Å². The second-order valence-corrected chi connectivity index (χ2v) is 10.6. The smallest absolute Gasteiger partial charge is 0.287 e. The fourth-order valence-corrected chi connectivity index (χ4v) is 6.24. The third-order valence-electron chi connectivity index (χ3n) is 6.86. The molecule has 4 aromatic rings. The SMILES string of the molecule is O=C1SC(CCCC(O)c2ccc(F)cc2)C(c2ccc(-c3cccc(O)c3)cc2O)N1c1ccccc1. The molecule has 1 aliphatic heterocycles. The van der Waals surface area contributed by atoms with Crippen molar-refractivity contribution in [1.29, 1.82) is 0 Å². The highest BCUT2D eigenvalue weighted by Crippen LogP contribution is 2.49. The minimum absolute atomic E-state index is 0.0726. The van der Waals surface area contributed by atoms with Gasteiger partial charge >= 0.3 is 0 Å². The molecule has 0 aliphatic carbocycles. The van der Waals surface area contributed by atoms with Crippen LogP contribution in [0, 0.1) is 5.82 Å². The molecule has 194 valence electrons. The average Bonchev–Trinajstić information content (AvgIpc) is 3.24. The number of aliphatic hydroxyl groups excluding tert-OH is 1. The molecule has 0 saturated carbocycles. The maximum absolute atomic E-state index is 13.3. The van der Waals surface area contributed by atoms with Crippen LogP contribution in [0.25, 0.3) is 11.1 Å². The van der Waals surface area contributed by atoms with Crippen molar-refractivity contribution in [3.63, 3.8) is 0 Å². The van der Waals surface area contributed by atoms with Crippen LogP contribution in [0.5, 0.6) is 11.5 Å². The predicted octanol–water partition coefficient (Wildman–Crippen LogP) is 7.59. The molecule has 3 N–H and O–H groups in total. The Kier molecular flexibility index (Phi) is 7.67. The van der Waals surface area contributed by atoms with Gasteiger partial charge in [0, 0.05) is 16.5 Å². The molecule has 7 heteroatoms. The van der Waals surface area contributed by atoms with Crippen LogP contribution in [0.2, 0.25) is 0 Å². The van der Waals surface area contributed by atoms with E-state index in [1.165, 1.54) is 23.9 Å². The third-order valence-corrected chi connectivity index (χ3v) is 8.06. The van der Waals surface area contributed by atoms with Crippen molar-refractivity contribution in [3.05, 3.63) is 114 Å². The summed E-state index contributed by atoms with van der Waals surface area (Å²) in [6.45, 7) is 0. The number of benzene rings is 4. The summed E-state index contributed by atoms with van der Waals surface area (Å²) < 4.78 is 13.2. The summed E-state index contributed by atoms with van der Waals surface area (Å²) >= 11 is 1.24. The predicted molar refractivity (Wildman–Crippen MR) is 149 cm³/mol. The van der Waals surface area contributed by atoms with Gasteiger partial charge < -0.3 is 15.3 Å². The molecule has 1 saturated heterocycles. The molecule has 1 fully saturated rings. The highest BCUT2D eigenvalue weighted by molar-refractivity contribution is 8.14. The number of para-hydroxylation sites is 1. The second-order valence-electron chi connectivity index (χ2n) is 9.39. The first-order chi connectivity index (χ1) is 18.4. The summed E-state index contributed by atoms with van der Waals surface area (Å²) in [4.78, 5) is 15.0. The van der Waals surface area contributed by atoms with E-state index in [1.54, 1.807) is 41.3 Å². The molecule has 3 unspecified atom stereocenters. The van der Waals surface area contributed by atoms with Gasteiger partial charge in [0.2, 0.25) is 0 Å². The summed E-state index contributed by atoms with van der Waals surface area (Å²) in [6, 6.07) is 27.0. The number of phenols is 2. The molecule has 0 spiro atoms. The molecule has 1 heterocycles. The molecule has 5 nitrogen and oxygen atoms in total. The number of rotatable bonds is 8. The fraction of sp³-hybridized carbons (Fsp3) is 0.194. The van der Waals surface area contributed by atoms with E-state index in [0.717, 1.165) is 16.8 Å². The number of anilines is 1. The molecular formula is C31H28FNO4S. The van der Waals surface area contributed by atoms with Gasteiger partial charge in [-0.05, 0) is 78.4 Å². The topological polar surface area (TPSA) is 81.0 Å². The Morgan fingerprint density at radius 3 is 2.32 bits per heavy atom. The van der Waals surface area contributed by atoms with E-state index in [-0.39, 0.29) is 27.8 Å². The summed E-state index contributed by atoms with van der Waals surface area (Å²) in [5.41, 5.74) is 3.57. The van der Waals surface area contributed by atoms with Gasteiger partial charge in [0.1, 0.15) is 17.3 Å². The monoisotopic (exact) mass is 529 g/mol. The van der Waals surface area contributed by atoms with E-state index >= 15 is 0 Å². The van der Waals surface area contributed by atoms with Crippen LogP contribution in [0.4, 0.5) is 14.9 Å². The minimum Gasteiger partial charge on any atom is -0.508 e. The zero-order valence-corrected chi connectivity index (χ0v) is 21.4. The number of nitrogens with zero attached hydrogens (tertiary/aromatic N) is 1. The number of thioether (sulfide) groups is 1. The average molecular weight is 530 g/mol. The molecule has 1 aliphatic rings. The van der Waals surface area contributed by atoms with Gasteiger partial charge in [0.05, 0.1) is 12.1 Å². The lowest BCUT2D eigenvalue weighted by Crippen LogP contribution is -2.29. The number of amides is 1. The van der Waals surface area contributed by atoms with E-state index in [0.29, 0.717) is 30.4 Å². The quantitative estimate of drug-likeness (QED) is 0.219. The number of phenolic OH excluding ortho intramolecular Hbond substituents is 2. The zero-order chi connectivity index (χ0) is 26.6. The Balaban J connectivity index is 1.41. The maximum atomic E-state index is 13.3. The minimum atomic E-state index is -0.726. The second kappa shape index (κ2) is 11.3. The normalized spacial score (nSPS) is 18.1. The number of hydrogen-bond acceptors (Lipinski definition) is 5. The van der Waals surface area contributed by atoms with Crippen LogP contribution in [-0.2, 0) is 0 Å². The molecule has 0 bridgehead atoms. The molecule has 0 radical (unpaired) electrons. The number of aromatic hydroxyl groups is 2. The lowest BCUT2D eigenvalue weighted by atomic mass is 9.93. The summed E-state index contributed by atoms with van der Waals surface area (Å²) in [5, 5.41) is 31.4. The Bertz CT molecular complexity index is 1410. The fourth-order valence-electron chi connectivity index (χ4n) is 4.96. The Morgan fingerprint density at radius 2 is 1.61 bits per heavy atom. The van der Waals surface area contributed by atoms with E-state index in [9.17, 15) is 24.5 Å². The number of hydrogen-bond donors (Lipinski definition) is 3. The van der Waals surface area contributed by atoms with E-state index in [4.69, 9.17) is 0 Å². The highest BCUT2D eigenvalue weighted by Gasteiger charge is 2.43.